The van der Waals surface area contributed by atoms with Gasteiger partial charge in [-0.25, -0.2) is 0 Å². The molecule has 3 N–H and O–H groups in total. The Hall–Kier alpha value is -1.65. The molecule has 0 bridgehead atoms. The maximum Gasteiger partial charge on any atom is 0.193 e. The lowest BCUT2D eigenvalue weighted by molar-refractivity contribution is 0.272. The number of ether oxygens (including phenoxy) is 1. The number of phenolic OH excluding ortho intramolecular Hbond substituents is 1. The Bertz CT molecular complexity index is 498. The van der Waals surface area contributed by atoms with E-state index in [1.54, 1.807) is 30.3 Å². The second-order valence-corrected chi connectivity index (χ2v) is 3.93. The van der Waals surface area contributed by atoms with Gasteiger partial charge >= 0.3 is 0 Å². The van der Waals surface area contributed by atoms with Crippen molar-refractivity contribution in [2.45, 2.75) is 6.04 Å². The van der Waals surface area contributed by atoms with Crippen molar-refractivity contribution in [2.24, 2.45) is 5.73 Å². The molecule has 1 unspecified atom stereocenters. The van der Waals surface area contributed by atoms with Gasteiger partial charge in [-0.05, 0) is 35.9 Å². The summed E-state index contributed by atoms with van der Waals surface area (Å²) in [5.41, 5.74) is 5.85. The molecule has 0 saturated carbocycles. The number of hydrogen-bond acceptors (Lipinski definition) is 4. The molecule has 1 heterocycles. The molecule has 0 aliphatic heterocycles. The van der Waals surface area contributed by atoms with Gasteiger partial charge in [0.15, 0.2) is 5.22 Å². The van der Waals surface area contributed by atoms with Gasteiger partial charge in [0.2, 0.25) is 0 Å². The molecule has 0 aliphatic carbocycles. The van der Waals surface area contributed by atoms with Crippen LogP contribution in [0.1, 0.15) is 11.8 Å². The number of benzene rings is 1. The molecule has 0 saturated heterocycles. The normalized spacial score (nSPS) is 12.4. The molecule has 17 heavy (non-hydrogen) atoms. The summed E-state index contributed by atoms with van der Waals surface area (Å²) in [7, 11) is 0. The van der Waals surface area contributed by atoms with E-state index in [2.05, 4.69) is 0 Å². The van der Waals surface area contributed by atoms with E-state index in [4.69, 9.17) is 26.5 Å². The van der Waals surface area contributed by atoms with E-state index in [9.17, 15) is 5.11 Å². The van der Waals surface area contributed by atoms with Crippen LogP contribution >= 0.6 is 11.6 Å². The summed E-state index contributed by atoms with van der Waals surface area (Å²) < 4.78 is 10.6. The van der Waals surface area contributed by atoms with Gasteiger partial charge in [0.25, 0.3) is 0 Å². The summed E-state index contributed by atoms with van der Waals surface area (Å²) in [6, 6.07) is 9.46. The van der Waals surface area contributed by atoms with Crippen molar-refractivity contribution in [1.82, 2.24) is 0 Å². The molecule has 5 heteroatoms. The van der Waals surface area contributed by atoms with Gasteiger partial charge in [0.1, 0.15) is 23.9 Å². The molecule has 0 fully saturated rings. The first-order valence-electron chi connectivity index (χ1n) is 5.08. The number of nitrogens with two attached hydrogens (primary N) is 1. The second kappa shape index (κ2) is 5.12. The van der Waals surface area contributed by atoms with Gasteiger partial charge in [-0.2, -0.15) is 0 Å². The van der Waals surface area contributed by atoms with Crippen LogP contribution < -0.4 is 10.5 Å². The Kier molecular flexibility index (Phi) is 3.56. The lowest BCUT2D eigenvalue weighted by Crippen LogP contribution is -2.18. The third-order valence-electron chi connectivity index (χ3n) is 2.21. The average molecular weight is 254 g/mol. The third-order valence-corrected chi connectivity index (χ3v) is 2.41. The summed E-state index contributed by atoms with van der Waals surface area (Å²) >= 11 is 5.65. The minimum atomic E-state index is -0.398. The van der Waals surface area contributed by atoms with Crippen LogP contribution in [0.25, 0.3) is 0 Å². The first-order valence-corrected chi connectivity index (χ1v) is 5.45. The highest BCUT2D eigenvalue weighted by molar-refractivity contribution is 6.28. The van der Waals surface area contributed by atoms with Gasteiger partial charge in [-0.3, -0.25) is 0 Å². The van der Waals surface area contributed by atoms with E-state index in [-0.39, 0.29) is 12.4 Å². The van der Waals surface area contributed by atoms with Gasteiger partial charge in [-0.1, -0.05) is 6.07 Å². The molecule has 90 valence electrons. The molecule has 0 radical (unpaired) electrons. The van der Waals surface area contributed by atoms with E-state index in [1.807, 2.05) is 0 Å². The standard InChI is InChI=1S/C12H12ClNO3/c13-12-5-4-11(17-12)10(14)7-16-9-3-1-2-8(15)6-9/h1-6,10,15H,7,14H2. The van der Waals surface area contributed by atoms with E-state index >= 15 is 0 Å². The Morgan fingerprint density at radius 3 is 2.82 bits per heavy atom. The number of halogens is 1. The number of furan rings is 1. The number of aromatic hydroxyl groups is 1. The molecular formula is C12H12ClNO3. The predicted molar refractivity (Wildman–Crippen MR) is 64.2 cm³/mol. The van der Waals surface area contributed by atoms with Crippen molar-refractivity contribution in [1.29, 1.82) is 0 Å². The lowest BCUT2D eigenvalue weighted by Gasteiger charge is -2.11. The molecule has 1 atom stereocenters. The van der Waals surface area contributed by atoms with Crippen LogP contribution in [0.15, 0.2) is 40.8 Å². The van der Waals surface area contributed by atoms with Crippen LogP contribution in [0.4, 0.5) is 0 Å². The van der Waals surface area contributed by atoms with Crippen LogP contribution in [0.5, 0.6) is 11.5 Å². The van der Waals surface area contributed by atoms with Gasteiger partial charge in [0, 0.05) is 6.07 Å². The molecule has 1 aromatic heterocycles. The van der Waals surface area contributed by atoms with E-state index in [0.717, 1.165) is 0 Å². The van der Waals surface area contributed by atoms with Crippen molar-refractivity contribution in [2.75, 3.05) is 6.61 Å². The van der Waals surface area contributed by atoms with Crippen LogP contribution in [0.3, 0.4) is 0 Å². The Balaban J connectivity index is 1.94. The van der Waals surface area contributed by atoms with Crippen molar-refractivity contribution in [3.8, 4) is 11.5 Å². The van der Waals surface area contributed by atoms with Crippen molar-refractivity contribution in [3.05, 3.63) is 47.4 Å². The van der Waals surface area contributed by atoms with E-state index < -0.39 is 6.04 Å². The third kappa shape index (κ3) is 3.15. The van der Waals surface area contributed by atoms with Crippen LogP contribution in [-0.2, 0) is 0 Å². The SMILES string of the molecule is NC(COc1cccc(O)c1)c1ccc(Cl)o1. The monoisotopic (exact) mass is 253 g/mol. The molecule has 0 spiro atoms. The summed E-state index contributed by atoms with van der Waals surface area (Å²) in [5, 5.41) is 9.55. The van der Waals surface area contributed by atoms with Crippen molar-refractivity contribution >= 4 is 11.6 Å². The maximum atomic E-state index is 9.25. The first-order chi connectivity index (χ1) is 8.15. The topological polar surface area (TPSA) is 68.6 Å². The zero-order chi connectivity index (χ0) is 12.3. The fraction of sp³-hybridized carbons (Fsp3) is 0.167. The van der Waals surface area contributed by atoms with Crippen molar-refractivity contribution in [3.63, 3.8) is 0 Å². The Morgan fingerprint density at radius 1 is 1.35 bits per heavy atom. The van der Waals surface area contributed by atoms with Crippen LogP contribution in [0.2, 0.25) is 5.22 Å². The quantitative estimate of drug-likeness (QED) is 0.879. The average Bonchev–Trinajstić information content (AvgIpc) is 2.73. The summed E-state index contributed by atoms with van der Waals surface area (Å²) in [4.78, 5) is 0. The largest absolute Gasteiger partial charge is 0.508 e. The van der Waals surface area contributed by atoms with Crippen LogP contribution in [-0.4, -0.2) is 11.7 Å². The highest BCUT2D eigenvalue weighted by Gasteiger charge is 2.11. The predicted octanol–water partition coefficient (Wildman–Crippen LogP) is 2.72. The minimum absolute atomic E-state index is 0.150. The van der Waals surface area contributed by atoms with Gasteiger partial charge in [-0.15, -0.1) is 0 Å². The zero-order valence-electron chi connectivity index (χ0n) is 8.97. The summed E-state index contributed by atoms with van der Waals surface area (Å²) in [5.74, 6) is 1.27. The molecule has 2 rings (SSSR count). The molecule has 0 amide bonds. The van der Waals surface area contributed by atoms with Gasteiger partial charge < -0.3 is 20.0 Å². The molecule has 2 aromatic rings. The van der Waals surface area contributed by atoms with E-state index in [1.165, 1.54) is 6.07 Å². The molecule has 0 aliphatic rings. The molecule has 4 nitrogen and oxygen atoms in total. The maximum absolute atomic E-state index is 9.25. The lowest BCUT2D eigenvalue weighted by atomic mass is 10.2. The smallest absolute Gasteiger partial charge is 0.193 e. The summed E-state index contributed by atoms with van der Waals surface area (Å²) in [6.45, 7) is 0.243. The van der Waals surface area contributed by atoms with E-state index in [0.29, 0.717) is 16.7 Å². The Morgan fingerprint density at radius 2 is 2.18 bits per heavy atom. The summed E-state index contributed by atoms with van der Waals surface area (Å²) in [6.07, 6.45) is 0. The highest BCUT2D eigenvalue weighted by atomic mass is 35.5. The number of rotatable bonds is 4. The molecule has 1 aromatic carbocycles. The molecular weight excluding hydrogens is 242 g/mol. The van der Waals surface area contributed by atoms with Crippen molar-refractivity contribution < 1.29 is 14.3 Å². The Labute approximate surface area is 104 Å². The van der Waals surface area contributed by atoms with Gasteiger partial charge in [0.05, 0.1) is 6.04 Å². The number of phenols is 1. The first kappa shape index (κ1) is 11.8. The zero-order valence-corrected chi connectivity index (χ0v) is 9.72. The fourth-order valence-electron chi connectivity index (χ4n) is 1.37. The fourth-order valence-corrected chi connectivity index (χ4v) is 1.52. The highest BCUT2D eigenvalue weighted by Crippen LogP contribution is 2.21. The second-order valence-electron chi connectivity index (χ2n) is 3.56. The minimum Gasteiger partial charge on any atom is -0.508 e. The van der Waals surface area contributed by atoms with Crippen LogP contribution in [0, 0.1) is 0 Å². The number of hydrogen-bond donors (Lipinski definition) is 2.